The molecule has 4 nitrogen and oxygen atoms in total. The third-order valence-corrected chi connectivity index (χ3v) is 4.66. The van der Waals surface area contributed by atoms with Crippen LogP contribution in [0.5, 0.6) is 0 Å². The van der Waals surface area contributed by atoms with Gasteiger partial charge in [0, 0.05) is 5.69 Å². The van der Waals surface area contributed by atoms with Crippen LogP contribution in [0.3, 0.4) is 0 Å². The van der Waals surface area contributed by atoms with Crippen molar-refractivity contribution in [2.75, 3.05) is 5.32 Å². The molecular weight excluding hydrogens is 266 g/mol. The van der Waals surface area contributed by atoms with Crippen LogP contribution in [0.15, 0.2) is 36.4 Å². The van der Waals surface area contributed by atoms with Gasteiger partial charge >= 0.3 is 5.97 Å². The molecule has 110 valence electrons. The number of allylic oxidation sites excluding steroid dienone is 2. The van der Waals surface area contributed by atoms with Gasteiger partial charge in [0.25, 0.3) is 0 Å². The first kappa shape index (κ1) is 13.9. The van der Waals surface area contributed by atoms with Gasteiger partial charge in [-0.15, -0.1) is 0 Å². The van der Waals surface area contributed by atoms with Crippen LogP contribution in [-0.2, 0) is 9.59 Å². The predicted octanol–water partition coefficient (Wildman–Crippen LogP) is 2.85. The monoisotopic (exact) mass is 285 g/mol. The molecule has 0 radical (unpaired) electrons. The SMILES string of the molecule is Cc1ccc(NC(=O)C2C3C=CC(CC3)C2C(=O)O)cc1. The van der Waals surface area contributed by atoms with Crippen LogP contribution in [0.2, 0.25) is 0 Å². The van der Waals surface area contributed by atoms with Gasteiger partial charge in [0.15, 0.2) is 0 Å². The minimum Gasteiger partial charge on any atom is -0.481 e. The van der Waals surface area contributed by atoms with Crippen molar-refractivity contribution in [1.82, 2.24) is 0 Å². The van der Waals surface area contributed by atoms with Gasteiger partial charge in [-0.2, -0.15) is 0 Å². The van der Waals surface area contributed by atoms with E-state index < -0.39 is 17.8 Å². The Bertz CT molecular complexity index is 591. The molecule has 3 aliphatic carbocycles. The third kappa shape index (κ3) is 2.58. The molecule has 4 heteroatoms. The van der Waals surface area contributed by atoms with Gasteiger partial charge < -0.3 is 10.4 Å². The van der Waals surface area contributed by atoms with Gasteiger partial charge in [-0.3, -0.25) is 9.59 Å². The van der Waals surface area contributed by atoms with Gasteiger partial charge in [0.05, 0.1) is 11.8 Å². The normalized spacial score (nSPS) is 30.1. The zero-order valence-electron chi connectivity index (χ0n) is 12.0. The van der Waals surface area contributed by atoms with Crippen molar-refractivity contribution in [2.45, 2.75) is 19.8 Å². The Balaban J connectivity index is 1.81. The lowest BCUT2D eigenvalue weighted by Gasteiger charge is -2.41. The Labute approximate surface area is 123 Å². The fourth-order valence-electron chi connectivity index (χ4n) is 3.55. The molecule has 0 saturated heterocycles. The number of carboxylic acids is 1. The molecule has 0 aliphatic heterocycles. The first-order valence-electron chi connectivity index (χ1n) is 7.35. The molecule has 1 aromatic rings. The van der Waals surface area contributed by atoms with Crippen LogP contribution < -0.4 is 5.32 Å². The lowest BCUT2D eigenvalue weighted by atomic mass is 9.62. The Morgan fingerprint density at radius 2 is 1.62 bits per heavy atom. The predicted molar refractivity (Wildman–Crippen MR) is 79.8 cm³/mol. The number of hydrogen-bond donors (Lipinski definition) is 2. The number of fused-ring (bicyclic) bond motifs is 2. The van der Waals surface area contributed by atoms with Gasteiger partial charge in [-0.05, 0) is 43.7 Å². The molecule has 3 aliphatic rings. The number of rotatable bonds is 3. The first-order valence-corrected chi connectivity index (χ1v) is 7.35. The maximum atomic E-state index is 12.5. The van der Waals surface area contributed by atoms with Gasteiger partial charge in [0.1, 0.15) is 0 Å². The zero-order chi connectivity index (χ0) is 15.0. The van der Waals surface area contributed by atoms with E-state index in [1.54, 1.807) is 0 Å². The lowest BCUT2D eigenvalue weighted by molar-refractivity contribution is -0.151. The minimum absolute atomic E-state index is 0.0127. The van der Waals surface area contributed by atoms with Gasteiger partial charge in [-0.25, -0.2) is 0 Å². The summed E-state index contributed by atoms with van der Waals surface area (Å²) in [6.45, 7) is 1.98. The van der Waals surface area contributed by atoms with E-state index in [1.807, 2.05) is 43.3 Å². The second-order valence-electron chi connectivity index (χ2n) is 6.04. The van der Waals surface area contributed by atoms with Crippen molar-refractivity contribution in [2.24, 2.45) is 23.7 Å². The van der Waals surface area contributed by atoms with E-state index in [0.29, 0.717) is 0 Å². The molecule has 2 N–H and O–H groups in total. The summed E-state index contributed by atoms with van der Waals surface area (Å²) in [5.41, 5.74) is 1.84. The molecular formula is C17H19NO3. The van der Waals surface area contributed by atoms with Crippen molar-refractivity contribution in [3.05, 3.63) is 42.0 Å². The number of aliphatic carboxylic acids is 1. The quantitative estimate of drug-likeness (QED) is 0.839. The summed E-state index contributed by atoms with van der Waals surface area (Å²) in [5, 5.41) is 12.3. The molecule has 2 bridgehead atoms. The Morgan fingerprint density at radius 1 is 1.05 bits per heavy atom. The molecule has 0 heterocycles. The number of hydrogen-bond acceptors (Lipinski definition) is 2. The Hall–Kier alpha value is -2.10. The molecule has 4 unspecified atom stereocenters. The molecule has 21 heavy (non-hydrogen) atoms. The fraction of sp³-hybridized carbons (Fsp3) is 0.412. The van der Waals surface area contributed by atoms with Gasteiger partial charge in [-0.1, -0.05) is 29.8 Å². The van der Waals surface area contributed by atoms with Crippen molar-refractivity contribution in [3.63, 3.8) is 0 Å². The van der Waals surface area contributed by atoms with Gasteiger partial charge in [0.2, 0.25) is 5.91 Å². The Kier molecular flexibility index (Phi) is 3.53. The van der Waals surface area contributed by atoms with Crippen molar-refractivity contribution in [1.29, 1.82) is 0 Å². The molecule has 0 spiro atoms. The number of aryl methyl sites for hydroxylation is 1. The van der Waals surface area contributed by atoms with Crippen molar-refractivity contribution < 1.29 is 14.7 Å². The maximum Gasteiger partial charge on any atom is 0.307 e. The third-order valence-electron chi connectivity index (χ3n) is 4.66. The number of benzene rings is 1. The van der Waals surface area contributed by atoms with E-state index in [2.05, 4.69) is 5.32 Å². The van der Waals surface area contributed by atoms with E-state index in [0.717, 1.165) is 24.1 Å². The van der Waals surface area contributed by atoms with Crippen molar-refractivity contribution in [3.8, 4) is 0 Å². The maximum absolute atomic E-state index is 12.5. The second kappa shape index (κ2) is 5.35. The molecule has 4 rings (SSSR count). The van der Waals surface area contributed by atoms with E-state index in [1.165, 1.54) is 0 Å². The first-order chi connectivity index (χ1) is 10.1. The number of nitrogens with one attached hydrogen (secondary N) is 1. The number of carbonyl (C=O) groups excluding carboxylic acids is 1. The summed E-state index contributed by atoms with van der Waals surface area (Å²) >= 11 is 0. The van der Waals surface area contributed by atoms with Crippen LogP contribution in [0.25, 0.3) is 0 Å². The number of carbonyl (C=O) groups is 2. The summed E-state index contributed by atoms with van der Waals surface area (Å²) in [6.07, 6.45) is 5.76. The standard InChI is InChI=1S/C17H19NO3/c1-10-2-8-13(9-3-10)18-16(19)14-11-4-6-12(7-5-11)15(14)17(20)21/h2-4,6,8-9,11-12,14-15H,5,7H2,1H3,(H,18,19)(H,20,21). The van der Waals surface area contributed by atoms with E-state index in [9.17, 15) is 14.7 Å². The highest BCUT2D eigenvalue weighted by Crippen LogP contribution is 2.45. The highest BCUT2D eigenvalue weighted by Gasteiger charge is 2.48. The molecule has 1 aromatic carbocycles. The summed E-state index contributed by atoms with van der Waals surface area (Å²) < 4.78 is 0. The van der Waals surface area contributed by atoms with Crippen LogP contribution in [-0.4, -0.2) is 17.0 Å². The van der Waals surface area contributed by atoms with Crippen LogP contribution in [0, 0.1) is 30.6 Å². The molecule has 1 amide bonds. The van der Waals surface area contributed by atoms with Crippen LogP contribution >= 0.6 is 0 Å². The summed E-state index contributed by atoms with van der Waals surface area (Å²) in [4.78, 5) is 24.1. The van der Waals surface area contributed by atoms with E-state index >= 15 is 0 Å². The second-order valence-corrected chi connectivity index (χ2v) is 6.04. The number of amides is 1. The van der Waals surface area contributed by atoms with Crippen LogP contribution in [0.4, 0.5) is 5.69 Å². The molecule has 1 saturated carbocycles. The largest absolute Gasteiger partial charge is 0.481 e. The van der Waals surface area contributed by atoms with E-state index in [-0.39, 0.29) is 17.7 Å². The minimum atomic E-state index is -0.863. The molecule has 1 fully saturated rings. The highest BCUT2D eigenvalue weighted by molar-refractivity contribution is 5.96. The zero-order valence-corrected chi connectivity index (χ0v) is 12.0. The van der Waals surface area contributed by atoms with Crippen LogP contribution in [0.1, 0.15) is 18.4 Å². The average molecular weight is 285 g/mol. The average Bonchev–Trinajstić information content (AvgIpc) is 2.49. The summed E-state index contributed by atoms with van der Waals surface area (Å²) in [6, 6.07) is 7.55. The summed E-state index contributed by atoms with van der Waals surface area (Å²) in [7, 11) is 0. The topological polar surface area (TPSA) is 66.4 Å². The Morgan fingerprint density at radius 3 is 2.14 bits per heavy atom. The molecule has 0 aromatic heterocycles. The number of carboxylic acid groups (broad SMARTS) is 1. The number of anilines is 1. The van der Waals surface area contributed by atoms with E-state index in [4.69, 9.17) is 0 Å². The lowest BCUT2D eigenvalue weighted by Crippen LogP contribution is -2.47. The van der Waals surface area contributed by atoms with Crippen molar-refractivity contribution >= 4 is 17.6 Å². The highest BCUT2D eigenvalue weighted by atomic mass is 16.4. The summed E-state index contributed by atoms with van der Waals surface area (Å²) in [5.74, 6) is -2.07. The molecule has 4 atom stereocenters. The smallest absolute Gasteiger partial charge is 0.307 e. The fourth-order valence-corrected chi connectivity index (χ4v) is 3.55.